The van der Waals surface area contributed by atoms with Crippen LogP contribution in [0.15, 0.2) is 0 Å². The number of rotatable bonds is 5. The number of carboxylic acid groups (broad SMARTS) is 1. The third-order valence-electron chi connectivity index (χ3n) is 2.20. The Morgan fingerprint density at radius 3 is 2.41 bits per heavy atom. The first-order valence-electron chi connectivity index (χ1n) is 5.65. The standard InChI is InChI=1S/C11H19NO5/c1-11(2,3)16-10(15)12-17-8(9(13)14)6-7-4-5-7/h7-8H,4-6H2,1-3H3,(H,12,15)(H,13,14). The highest BCUT2D eigenvalue weighted by Crippen LogP contribution is 2.34. The Balaban J connectivity index is 2.30. The molecule has 1 aliphatic carbocycles. The van der Waals surface area contributed by atoms with Crippen LogP contribution in [-0.2, 0) is 14.4 Å². The Morgan fingerprint density at radius 1 is 1.41 bits per heavy atom. The van der Waals surface area contributed by atoms with E-state index in [2.05, 4.69) is 0 Å². The SMILES string of the molecule is CC(C)(C)OC(=O)NOC(CC1CC1)C(=O)O. The zero-order valence-electron chi connectivity index (χ0n) is 10.4. The Morgan fingerprint density at radius 2 is 2.00 bits per heavy atom. The van der Waals surface area contributed by atoms with Crippen LogP contribution in [0.3, 0.4) is 0 Å². The van der Waals surface area contributed by atoms with Gasteiger partial charge in [0.1, 0.15) is 5.60 Å². The van der Waals surface area contributed by atoms with Crippen LogP contribution in [0.1, 0.15) is 40.0 Å². The van der Waals surface area contributed by atoms with Crippen molar-refractivity contribution in [3.05, 3.63) is 0 Å². The fourth-order valence-corrected chi connectivity index (χ4v) is 1.27. The molecule has 1 amide bonds. The van der Waals surface area contributed by atoms with E-state index in [-0.39, 0.29) is 0 Å². The van der Waals surface area contributed by atoms with Crippen molar-refractivity contribution in [2.24, 2.45) is 5.92 Å². The van der Waals surface area contributed by atoms with E-state index in [1.165, 1.54) is 0 Å². The molecule has 1 aliphatic rings. The van der Waals surface area contributed by atoms with Crippen LogP contribution in [0.25, 0.3) is 0 Å². The number of carbonyl (C=O) groups is 2. The van der Waals surface area contributed by atoms with E-state index in [1.54, 1.807) is 20.8 Å². The molecule has 1 atom stereocenters. The average Bonchev–Trinajstić information content (AvgIpc) is 2.92. The average molecular weight is 245 g/mol. The molecule has 0 radical (unpaired) electrons. The van der Waals surface area contributed by atoms with Gasteiger partial charge in [-0.05, 0) is 33.1 Å². The largest absolute Gasteiger partial charge is 0.479 e. The Labute approximate surface area is 100 Å². The lowest BCUT2D eigenvalue weighted by atomic mass is 10.2. The fraction of sp³-hybridized carbons (Fsp3) is 0.818. The second-order valence-corrected chi connectivity index (χ2v) is 5.23. The molecule has 1 rings (SSSR count). The summed E-state index contributed by atoms with van der Waals surface area (Å²) in [6.45, 7) is 5.14. The van der Waals surface area contributed by atoms with Gasteiger partial charge in [-0.1, -0.05) is 12.8 Å². The molecular formula is C11H19NO5. The zero-order chi connectivity index (χ0) is 13.1. The topological polar surface area (TPSA) is 84.9 Å². The van der Waals surface area contributed by atoms with E-state index < -0.39 is 23.8 Å². The minimum absolute atomic E-state index is 0.400. The minimum Gasteiger partial charge on any atom is -0.479 e. The number of aliphatic carboxylic acids is 1. The third-order valence-corrected chi connectivity index (χ3v) is 2.20. The van der Waals surface area contributed by atoms with Gasteiger partial charge >= 0.3 is 12.1 Å². The second kappa shape index (κ2) is 5.35. The molecule has 17 heavy (non-hydrogen) atoms. The summed E-state index contributed by atoms with van der Waals surface area (Å²) in [7, 11) is 0. The van der Waals surface area contributed by atoms with Gasteiger partial charge in [0.2, 0.25) is 0 Å². The number of ether oxygens (including phenoxy) is 1. The van der Waals surface area contributed by atoms with E-state index in [1.807, 2.05) is 5.48 Å². The molecule has 0 aromatic heterocycles. The second-order valence-electron chi connectivity index (χ2n) is 5.23. The lowest BCUT2D eigenvalue weighted by Gasteiger charge is -2.20. The summed E-state index contributed by atoms with van der Waals surface area (Å²) in [6, 6.07) is 0. The number of hydroxylamine groups is 1. The van der Waals surface area contributed by atoms with Gasteiger partial charge in [-0.15, -0.1) is 0 Å². The summed E-state index contributed by atoms with van der Waals surface area (Å²) in [5, 5.41) is 8.88. The molecule has 0 aromatic rings. The first-order chi connectivity index (χ1) is 7.78. The van der Waals surface area contributed by atoms with Crippen molar-refractivity contribution in [3.63, 3.8) is 0 Å². The molecule has 0 saturated heterocycles. The lowest BCUT2D eigenvalue weighted by molar-refractivity contribution is -0.156. The van der Waals surface area contributed by atoms with Crippen molar-refractivity contribution in [1.29, 1.82) is 0 Å². The van der Waals surface area contributed by atoms with E-state index in [0.29, 0.717) is 12.3 Å². The molecule has 0 aliphatic heterocycles. The van der Waals surface area contributed by atoms with Gasteiger partial charge in [0.05, 0.1) is 0 Å². The number of carboxylic acids is 1. The van der Waals surface area contributed by atoms with Crippen molar-refractivity contribution >= 4 is 12.1 Å². The number of hydrogen-bond donors (Lipinski definition) is 2. The third kappa shape index (κ3) is 6.11. The van der Waals surface area contributed by atoms with E-state index in [0.717, 1.165) is 12.8 Å². The van der Waals surface area contributed by atoms with Gasteiger partial charge in [0, 0.05) is 0 Å². The monoisotopic (exact) mass is 245 g/mol. The van der Waals surface area contributed by atoms with Crippen LogP contribution in [0, 0.1) is 5.92 Å². The molecule has 6 heteroatoms. The van der Waals surface area contributed by atoms with Gasteiger partial charge in [-0.2, -0.15) is 5.48 Å². The normalized spacial score (nSPS) is 17.4. The first-order valence-corrected chi connectivity index (χ1v) is 5.65. The highest BCUT2D eigenvalue weighted by Gasteiger charge is 2.31. The highest BCUT2D eigenvalue weighted by atomic mass is 16.7. The summed E-state index contributed by atoms with van der Waals surface area (Å²) >= 11 is 0. The minimum atomic E-state index is -1.08. The first kappa shape index (κ1) is 13.8. The van der Waals surface area contributed by atoms with Crippen molar-refractivity contribution < 1.29 is 24.3 Å². The predicted molar refractivity (Wildman–Crippen MR) is 59.2 cm³/mol. The van der Waals surface area contributed by atoms with E-state index in [9.17, 15) is 9.59 Å². The summed E-state index contributed by atoms with van der Waals surface area (Å²) < 4.78 is 4.92. The summed E-state index contributed by atoms with van der Waals surface area (Å²) in [5.74, 6) is -0.676. The molecule has 0 heterocycles. The van der Waals surface area contributed by atoms with Crippen LogP contribution in [-0.4, -0.2) is 28.9 Å². The summed E-state index contributed by atoms with van der Waals surface area (Å²) in [4.78, 5) is 26.9. The molecule has 98 valence electrons. The maximum absolute atomic E-state index is 11.2. The predicted octanol–water partition coefficient (Wildman–Crippen LogP) is 1.70. The van der Waals surface area contributed by atoms with Crippen LogP contribution in [0.2, 0.25) is 0 Å². The van der Waals surface area contributed by atoms with Crippen molar-refractivity contribution in [1.82, 2.24) is 5.48 Å². The van der Waals surface area contributed by atoms with Crippen molar-refractivity contribution in [3.8, 4) is 0 Å². The van der Waals surface area contributed by atoms with Crippen LogP contribution >= 0.6 is 0 Å². The number of nitrogens with one attached hydrogen (secondary N) is 1. The lowest BCUT2D eigenvalue weighted by Crippen LogP contribution is -2.38. The maximum Gasteiger partial charge on any atom is 0.431 e. The number of carbonyl (C=O) groups excluding carboxylic acids is 1. The molecule has 1 unspecified atom stereocenters. The fourth-order valence-electron chi connectivity index (χ4n) is 1.27. The molecule has 0 aromatic carbocycles. The summed E-state index contributed by atoms with van der Waals surface area (Å²) in [5.41, 5.74) is 1.38. The maximum atomic E-state index is 11.2. The van der Waals surface area contributed by atoms with Gasteiger partial charge < -0.3 is 9.84 Å². The van der Waals surface area contributed by atoms with E-state index >= 15 is 0 Å². The van der Waals surface area contributed by atoms with Crippen LogP contribution in [0.4, 0.5) is 4.79 Å². The van der Waals surface area contributed by atoms with Crippen molar-refractivity contribution in [2.75, 3.05) is 0 Å². The van der Waals surface area contributed by atoms with E-state index in [4.69, 9.17) is 14.7 Å². The quantitative estimate of drug-likeness (QED) is 0.720. The Hall–Kier alpha value is -1.30. The van der Waals surface area contributed by atoms with Gasteiger partial charge in [0.15, 0.2) is 6.10 Å². The van der Waals surface area contributed by atoms with Crippen LogP contribution < -0.4 is 5.48 Å². The molecule has 1 fully saturated rings. The molecule has 1 saturated carbocycles. The van der Waals surface area contributed by atoms with Gasteiger partial charge in [0.25, 0.3) is 0 Å². The molecule has 0 bridgehead atoms. The van der Waals surface area contributed by atoms with Gasteiger partial charge in [-0.25, -0.2) is 9.59 Å². The smallest absolute Gasteiger partial charge is 0.431 e. The molecular weight excluding hydrogens is 226 g/mol. The van der Waals surface area contributed by atoms with Gasteiger partial charge in [-0.3, -0.25) is 4.84 Å². The Kier molecular flexibility index (Phi) is 4.34. The van der Waals surface area contributed by atoms with Crippen LogP contribution in [0.5, 0.6) is 0 Å². The summed E-state index contributed by atoms with van der Waals surface area (Å²) in [6.07, 6.45) is 0.694. The Bertz CT molecular complexity index is 293. The number of amides is 1. The zero-order valence-corrected chi connectivity index (χ0v) is 10.4. The van der Waals surface area contributed by atoms with Crippen molar-refractivity contribution in [2.45, 2.75) is 51.7 Å². The number of hydrogen-bond acceptors (Lipinski definition) is 4. The highest BCUT2D eigenvalue weighted by molar-refractivity contribution is 5.73. The molecule has 2 N–H and O–H groups in total. The molecule has 6 nitrogen and oxygen atoms in total. The molecule has 0 spiro atoms.